The molecule has 0 bridgehead atoms. The van der Waals surface area contributed by atoms with Gasteiger partial charge in [0.2, 0.25) is 0 Å². The highest BCUT2D eigenvalue weighted by Crippen LogP contribution is 2.16. The molecule has 0 unspecified atom stereocenters. The van der Waals surface area contributed by atoms with Crippen molar-refractivity contribution in [2.75, 3.05) is 40.4 Å². The molecule has 0 heterocycles. The number of nitrogens with one attached hydrogen (secondary N) is 2. The highest BCUT2D eigenvalue weighted by atomic mass is 16.5. The first kappa shape index (κ1) is 15.2. The molecule has 106 valence electrons. The lowest BCUT2D eigenvalue weighted by Crippen LogP contribution is -2.43. The average Bonchev–Trinajstić information content (AvgIpc) is 2.34. The summed E-state index contributed by atoms with van der Waals surface area (Å²) >= 11 is 0. The van der Waals surface area contributed by atoms with Crippen molar-refractivity contribution in [3.8, 4) is 0 Å². The van der Waals surface area contributed by atoms with Crippen LogP contribution in [0.1, 0.15) is 32.1 Å². The van der Waals surface area contributed by atoms with Crippen molar-refractivity contribution in [1.29, 1.82) is 0 Å². The summed E-state index contributed by atoms with van der Waals surface area (Å²) in [6, 6.07) is 0.312. The zero-order valence-electron chi connectivity index (χ0n) is 11.7. The van der Waals surface area contributed by atoms with Gasteiger partial charge in [-0.05, 0) is 26.9 Å². The fourth-order valence-corrected chi connectivity index (χ4v) is 2.07. The molecule has 1 saturated carbocycles. The van der Waals surface area contributed by atoms with E-state index < -0.39 is 0 Å². The van der Waals surface area contributed by atoms with Gasteiger partial charge in [0.05, 0.1) is 13.2 Å². The van der Waals surface area contributed by atoms with Crippen LogP contribution in [0.2, 0.25) is 0 Å². The number of urea groups is 1. The number of likely N-dealkylation sites (N-methyl/N-ethyl adjacent to an activating group) is 1. The molecule has 0 aromatic heterocycles. The highest BCUT2D eigenvalue weighted by Gasteiger charge is 2.14. The quantitative estimate of drug-likeness (QED) is 0.674. The molecule has 1 aliphatic rings. The van der Waals surface area contributed by atoms with Crippen molar-refractivity contribution in [3.63, 3.8) is 0 Å². The standard InChI is InChI=1S/C13H27N3O2/c1-16(2)9-11-18-10-8-14-13(17)15-12-6-4-3-5-7-12/h12H,3-11H2,1-2H3,(H2,14,15,17). The molecule has 5 nitrogen and oxygen atoms in total. The second kappa shape index (κ2) is 9.16. The first-order valence-electron chi connectivity index (χ1n) is 6.95. The van der Waals surface area contributed by atoms with Crippen molar-refractivity contribution in [2.24, 2.45) is 0 Å². The fourth-order valence-electron chi connectivity index (χ4n) is 2.07. The number of ether oxygens (including phenoxy) is 1. The lowest BCUT2D eigenvalue weighted by molar-refractivity contribution is 0.120. The van der Waals surface area contributed by atoms with Gasteiger partial charge in [0.25, 0.3) is 0 Å². The van der Waals surface area contributed by atoms with Gasteiger partial charge in [-0.15, -0.1) is 0 Å². The third-order valence-electron chi connectivity index (χ3n) is 3.16. The zero-order chi connectivity index (χ0) is 13.2. The Morgan fingerprint density at radius 3 is 2.61 bits per heavy atom. The molecule has 0 aromatic rings. The smallest absolute Gasteiger partial charge is 0.315 e. The van der Waals surface area contributed by atoms with Crippen molar-refractivity contribution in [3.05, 3.63) is 0 Å². The molecule has 1 rings (SSSR count). The van der Waals surface area contributed by atoms with Gasteiger partial charge in [-0.1, -0.05) is 19.3 Å². The van der Waals surface area contributed by atoms with Crippen molar-refractivity contribution >= 4 is 6.03 Å². The molecular weight excluding hydrogens is 230 g/mol. The summed E-state index contributed by atoms with van der Waals surface area (Å²) in [6.45, 7) is 2.77. The number of hydrogen-bond donors (Lipinski definition) is 2. The predicted octanol–water partition coefficient (Wildman–Crippen LogP) is 1.20. The Labute approximate surface area is 110 Å². The van der Waals surface area contributed by atoms with Gasteiger partial charge in [0.1, 0.15) is 0 Å². The molecule has 0 aliphatic heterocycles. The monoisotopic (exact) mass is 257 g/mol. The Kier molecular flexibility index (Phi) is 7.76. The summed E-state index contributed by atoms with van der Waals surface area (Å²) in [7, 11) is 4.03. The summed E-state index contributed by atoms with van der Waals surface area (Å²) in [6.07, 6.45) is 6.01. The van der Waals surface area contributed by atoms with Crippen LogP contribution >= 0.6 is 0 Å². The maximum atomic E-state index is 11.6. The molecule has 0 atom stereocenters. The maximum absolute atomic E-state index is 11.6. The zero-order valence-corrected chi connectivity index (χ0v) is 11.7. The van der Waals surface area contributed by atoms with Crippen LogP contribution in [0.3, 0.4) is 0 Å². The number of amides is 2. The maximum Gasteiger partial charge on any atom is 0.315 e. The topological polar surface area (TPSA) is 53.6 Å². The van der Waals surface area contributed by atoms with Crippen LogP contribution in [0.5, 0.6) is 0 Å². The molecule has 0 aromatic carbocycles. The Morgan fingerprint density at radius 1 is 1.22 bits per heavy atom. The molecular formula is C13H27N3O2. The third kappa shape index (κ3) is 7.50. The van der Waals surface area contributed by atoms with Crippen LogP contribution in [-0.4, -0.2) is 57.4 Å². The number of nitrogens with zero attached hydrogens (tertiary/aromatic N) is 1. The fraction of sp³-hybridized carbons (Fsp3) is 0.923. The van der Waals surface area contributed by atoms with Crippen LogP contribution in [0.4, 0.5) is 4.79 Å². The van der Waals surface area contributed by atoms with Crippen LogP contribution < -0.4 is 10.6 Å². The van der Waals surface area contributed by atoms with E-state index in [0.29, 0.717) is 25.8 Å². The molecule has 0 saturated heterocycles. The summed E-state index contributed by atoms with van der Waals surface area (Å²) in [4.78, 5) is 13.6. The lowest BCUT2D eigenvalue weighted by Gasteiger charge is -2.22. The van der Waals surface area contributed by atoms with Gasteiger partial charge in [0, 0.05) is 19.1 Å². The first-order valence-corrected chi connectivity index (χ1v) is 6.95. The molecule has 0 radical (unpaired) electrons. The van der Waals surface area contributed by atoms with E-state index in [2.05, 4.69) is 15.5 Å². The van der Waals surface area contributed by atoms with Crippen molar-refractivity contribution < 1.29 is 9.53 Å². The second-order valence-electron chi connectivity index (χ2n) is 5.15. The molecule has 5 heteroatoms. The predicted molar refractivity (Wildman–Crippen MR) is 72.8 cm³/mol. The van der Waals surface area contributed by atoms with Crippen molar-refractivity contribution in [1.82, 2.24) is 15.5 Å². The molecule has 1 fully saturated rings. The Bertz CT molecular complexity index is 228. The Balaban J connectivity index is 1.93. The third-order valence-corrected chi connectivity index (χ3v) is 3.16. The van der Waals surface area contributed by atoms with E-state index in [1.165, 1.54) is 19.3 Å². The summed E-state index contributed by atoms with van der Waals surface area (Å²) in [5.41, 5.74) is 0. The lowest BCUT2D eigenvalue weighted by atomic mass is 9.96. The van der Waals surface area contributed by atoms with Gasteiger partial charge in [-0.2, -0.15) is 0 Å². The van der Waals surface area contributed by atoms with E-state index >= 15 is 0 Å². The van der Waals surface area contributed by atoms with E-state index in [9.17, 15) is 4.79 Å². The van der Waals surface area contributed by atoms with E-state index in [1.54, 1.807) is 0 Å². The first-order chi connectivity index (χ1) is 8.68. The number of carbonyl (C=O) groups is 1. The number of rotatable bonds is 7. The van der Waals surface area contributed by atoms with Gasteiger partial charge in [-0.3, -0.25) is 0 Å². The largest absolute Gasteiger partial charge is 0.378 e. The van der Waals surface area contributed by atoms with E-state index in [0.717, 1.165) is 19.4 Å². The number of hydrogen-bond acceptors (Lipinski definition) is 3. The van der Waals surface area contributed by atoms with E-state index in [1.807, 2.05) is 14.1 Å². The Morgan fingerprint density at radius 2 is 1.94 bits per heavy atom. The van der Waals surface area contributed by atoms with Gasteiger partial charge in [-0.25, -0.2) is 4.79 Å². The minimum Gasteiger partial charge on any atom is -0.378 e. The van der Waals surface area contributed by atoms with Crippen LogP contribution in [0.25, 0.3) is 0 Å². The van der Waals surface area contributed by atoms with Crippen LogP contribution in [0.15, 0.2) is 0 Å². The molecule has 1 aliphatic carbocycles. The van der Waals surface area contributed by atoms with Crippen LogP contribution in [-0.2, 0) is 4.74 Å². The number of carbonyl (C=O) groups excluding carboxylic acids is 1. The molecule has 2 amide bonds. The van der Waals surface area contributed by atoms with Gasteiger partial charge < -0.3 is 20.3 Å². The average molecular weight is 257 g/mol. The Hall–Kier alpha value is -0.810. The summed E-state index contributed by atoms with van der Waals surface area (Å²) in [5.74, 6) is 0. The van der Waals surface area contributed by atoms with Gasteiger partial charge >= 0.3 is 6.03 Å². The molecule has 18 heavy (non-hydrogen) atoms. The summed E-state index contributed by atoms with van der Waals surface area (Å²) < 4.78 is 5.40. The normalized spacial score (nSPS) is 16.8. The van der Waals surface area contributed by atoms with E-state index in [4.69, 9.17) is 4.74 Å². The minimum atomic E-state index is -0.0573. The SMILES string of the molecule is CN(C)CCOCCNC(=O)NC1CCCCC1. The van der Waals surface area contributed by atoms with Crippen LogP contribution in [0, 0.1) is 0 Å². The highest BCUT2D eigenvalue weighted by molar-refractivity contribution is 5.74. The molecule has 0 spiro atoms. The second-order valence-corrected chi connectivity index (χ2v) is 5.15. The van der Waals surface area contributed by atoms with E-state index in [-0.39, 0.29) is 6.03 Å². The molecule has 2 N–H and O–H groups in total. The van der Waals surface area contributed by atoms with Gasteiger partial charge in [0.15, 0.2) is 0 Å². The van der Waals surface area contributed by atoms with Crippen molar-refractivity contribution in [2.45, 2.75) is 38.1 Å². The minimum absolute atomic E-state index is 0.0573. The summed E-state index contributed by atoms with van der Waals surface area (Å²) in [5, 5.41) is 5.84.